The van der Waals surface area contributed by atoms with Gasteiger partial charge in [-0.1, -0.05) is 6.92 Å². The van der Waals surface area contributed by atoms with Crippen LogP contribution in [0.3, 0.4) is 0 Å². The third-order valence-corrected chi connectivity index (χ3v) is 2.37. The molecular formula is C13H20N2O2. The van der Waals surface area contributed by atoms with Crippen molar-refractivity contribution >= 4 is 11.6 Å². The molecule has 0 fully saturated rings. The molecule has 0 spiro atoms. The number of hydrogen-bond donors (Lipinski definition) is 2. The third kappa shape index (κ3) is 4.34. The molecule has 0 aromatic heterocycles. The summed E-state index contributed by atoms with van der Waals surface area (Å²) < 4.78 is 5.53. The van der Waals surface area contributed by atoms with Crippen LogP contribution >= 0.6 is 0 Å². The van der Waals surface area contributed by atoms with Crippen molar-refractivity contribution in [3.05, 3.63) is 24.3 Å². The highest BCUT2D eigenvalue weighted by Gasteiger charge is 2.13. The molecular weight excluding hydrogens is 216 g/mol. The predicted molar refractivity (Wildman–Crippen MR) is 69.4 cm³/mol. The summed E-state index contributed by atoms with van der Waals surface area (Å²) in [6.07, 6.45) is 0.456. The molecule has 4 nitrogen and oxygen atoms in total. The van der Waals surface area contributed by atoms with Crippen molar-refractivity contribution in [3.8, 4) is 5.75 Å². The Labute approximate surface area is 102 Å². The van der Waals surface area contributed by atoms with Crippen LogP contribution in [0.2, 0.25) is 0 Å². The van der Waals surface area contributed by atoms with E-state index in [0.717, 1.165) is 12.1 Å². The highest BCUT2D eigenvalue weighted by Crippen LogP contribution is 2.16. The van der Waals surface area contributed by atoms with Crippen LogP contribution in [0.1, 0.15) is 20.3 Å². The lowest BCUT2D eigenvalue weighted by Crippen LogP contribution is -2.36. The van der Waals surface area contributed by atoms with Gasteiger partial charge in [0.2, 0.25) is 0 Å². The molecule has 0 radical (unpaired) electrons. The summed E-state index contributed by atoms with van der Waals surface area (Å²) >= 11 is 0. The second-order valence-electron chi connectivity index (χ2n) is 3.83. The smallest absolute Gasteiger partial charge is 0.260 e. The molecule has 2 N–H and O–H groups in total. The molecule has 94 valence electrons. The van der Waals surface area contributed by atoms with Crippen LogP contribution in [0.4, 0.5) is 5.69 Å². The van der Waals surface area contributed by atoms with Crippen LogP contribution in [0, 0.1) is 0 Å². The minimum atomic E-state index is -0.470. The van der Waals surface area contributed by atoms with E-state index in [1.807, 2.05) is 38.2 Å². The zero-order chi connectivity index (χ0) is 12.7. The summed E-state index contributed by atoms with van der Waals surface area (Å²) in [6.45, 7) is 4.45. The predicted octanol–water partition coefficient (Wildman–Crippen LogP) is 2.02. The van der Waals surface area contributed by atoms with Crippen molar-refractivity contribution in [1.29, 1.82) is 0 Å². The van der Waals surface area contributed by atoms with E-state index in [9.17, 15) is 4.79 Å². The Balaban J connectivity index is 2.49. The monoisotopic (exact) mass is 236 g/mol. The molecule has 1 rings (SSSR count). The Bertz CT molecular complexity index is 349. The lowest BCUT2D eigenvalue weighted by atomic mass is 10.3. The van der Waals surface area contributed by atoms with Gasteiger partial charge in [0.1, 0.15) is 5.75 Å². The van der Waals surface area contributed by atoms with E-state index in [4.69, 9.17) is 4.74 Å². The number of rotatable bonds is 6. The fourth-order valence-corrected chi connectivity index (χ4v) is 1.35. The van der Waals surface area contributed by atoms with Crippen LogP contribution < -0.4 is 15.4 Å². The van der Waals surface area contributed by atoms with E-state index in [1.165, 1.54) is 0 Å². The van der Waals surface area contributed by atoms with E-state index in [1.54, 1.807) is 6.92 Å². The Morgan fingerprint density at radius 1 is 1.35 bits per heavy atom. The van der Waals surface area contributed by atoms with Crippen LogP contribution in [0.25, 0.3) is 0 Å². The van der Waals surface area contributed by atoms with E-state index < -0.39 is 6.10 Å². The van der Waals surface area contributed by atoms with Crippen LogP contribution in [-0.4, -0.2) is 25.6 Å². The van der Waals surface area contributed by atoms with Gasteiger partial charge in [-0.05, 0) is 37.6 Å². The molecule has 0 saturated carbocycles. The second-order valence-corrected chi connectivity index (χ2v) is 3.83. The number of ether oxygens (including phenoxy) is 1. The lowest BCUT2D eigenvalue weighted by molar-refractivity contribution is -0.127. The Kier molecular flexibility index (Phi) is 5.33. The van der Waals surface area contributed by atoms with Crippen LogP contribution in [-0.2, 0) is 4.79 Å². The highest BCUT2D eigenvalue weighted by molar-refractivity contribution is 5.80. The topological polar surface area (TPSA) is 50.4 Å². The van der Waals surface area contributed by atoms with Crippen molar-refractivity contribution in [3.63, 3.8) is 0 Å². The van der Waals surface area contributed by atoms with Gasteiger partial charge in [-0.25, -0.2) is 0 Å². The first kappa shape index (κ1) is 13.4. The third-order valence-electron chi connectivity index (χ3n) is 2.37. The lowest BCUT2D eigenvalue weighted by Gasteiger charge is -2.14. The summed E-state index contributed by atoms with van der Waals surface area (Å²) in [5.41, 5.74) is 1.01. The number of anilines is 1. The number of amides is 1. The Morgan fingerprint density at radius 3 is 2.53 bits per heavy atom. The van der Waals surface area contributed by atoms with Crippen molar-refractivity contribution in [2.24, 2.45) is 0 Å². The van der Waals surface area contributed by atoms with Gasteiger partial charge in [-0.2, -0.15) is 0 Å². The van der Waals surface area contributed by atoms with E-state index in [0.29, 0.717) is 12.3 Å². The number of carbonyl (C=O) groups excluding carboxylic acids is 1. The minimum absolute atomic E-state index is 0.0791. The highest BCUT2D eigenvalue weighted by atomic mass is 16.5. The first-order valence-corrected chi connectivity index (χ1v) is 5.89. The molecule has 1 amide bonds. The van der Waals surface area contributed by atoms with Crippen LogP contribution in [0.5, 0.6) is 5.75 Å². The maximum atomic E-state index is 11.6. The van der Waals surface area contributed by atoms with E-state index in [2.05, 4.69) is 10.6 Å². The molecule has 0 heterocycles. The molecule has 1 aromatic carbocycles. The maximum Gasteiger partial charge on any atom is 0.260 e. The van der Waals surface area contributed by atoms with Crippen LogP contribution in [0.15, 0.2) is 24.3 Å². The summed E-state index contributed by atoms with van der Waals surface area (Å²) in [7, 11) is 1.86. The molecule has 1 atom stereocenters. The molecule has 1 aromatic rings. The molecule has 0 saturated heterocycles. The first-order valence-electron chi connectivity index (χ1n) is 5.89. The van der Waals surface area contributed by atoms with Gasteiger partial charge in [0, 0.05) is 19.3 Å². The van der Waals surface area contributed by atoms with Gasteiger partial charge in [0.25, 0.3) is 5.91 Å². The SMILES string of the molecule is CCCNC(=O)C(C)Oc1ccc(NC)cc1. The molecule has 0 aliphatic heterocycles. The second kappa shape index (κ2) is 6.78. The molecule has 4 heteroatoms. The van der Waals surface area contributed by atoms with Gasteiger partial charge < -0.3 is 15.4 Å². The van der Waals surface area contributed by atoms with E-state index in [-0.39, 0.29) is 5.91 Å². The summed E-state index contributed by atoms with van der Waals surface area (Å²) in [5.74, 6) is 0.618. The molecule has 0 aliphatic carbocycles. The molecule has 0 bridgehead atoms. The molecule has 1 unspecified atom stereocenters. The zero-order valence-electron chi connectivity index (χ0n) is 10.6. The Hall–Kier alpha value is -1.71. The van der Waals surface area contributed by atoms with Crippen molar-refractivity contribution in [1.82, 2.24) is 5.32 Å². The minimum Gasteiger partial charge on any atom is -0.481 e. The fourth-order valence-electron chi connectivity index (χ4n) is 1.35. The van der Waals surface area contributed by atoms with Gasteiger partial charge in [-0.15, -0.1) is 0 Å². The standard InChI is InChI=1S/C13H20N2O2/c1-4-9-15-13(16)10(2)17-12-7-5-11(14-3)6-8-12/h5-8,10,14H,4,9H2,1-3H3,(H,15,16). The van der Waals surface area contributed by atoms with Gasteiger partial charge in [0.05, 0.1) is 0 Å². The van der Waals surface area contributed by atoms with E-state index >= 15 is 0 Å². The first-order chi connectivity index (χ1) is 8.17. The summed E-state index contributed by atoms with van der Waals surface area (Å²) in [6, 6.07) is 7.50. The van der Waals surface area contributed by atoms with Gasteiger partial charge >= 0.3 is 0 Å². The number of hydrogen-bond acceptors (Lipinski definition) is 3. The average Bonchev–Trinajstić information content (AvgIpc) is 2.36. The van der Waals surface area contributed by atoms with Crippen molar-refractivity contribution < 1.29 is 9.53 Å². The average molecular weight is 236 g/mol. The van der Waals surface area contributed by atoms with Gasteiger partial charge in [0.15, 0.2) is 6.10 Å². The number of carbonyl (C=O) groups is 1. The zero-order valence-corrected chi connectivity index (χ0v) is 10.6. The quantitative estimate of drug-likeness (QED) is 0.794. The molecule has 17 heavy (non-hydrogen) atoms. The number of benzene rings is 1. The largest absolute Gasteiger partial charge is 0.481 e. The summed E-state index contributed by atoms with van der Waals surface area (Å²) in [4.78, 5) is 11.6. The van der Waals surface area contributed by atoms with Gasteiger partial charge in [-0.3, -0.25) is 4.79 Å². The maximum absolute atomic E-state index is 11.6. The molecule has 0 aliphatic rings. The Morgan fingerprint density at radius 2 is 2.00 bits per heavy atom. The van der Waals surface area contributed by atoms with Crippen molar-refractivity contribution in [2.75, 3.05) is 18.9 Å². The summed E-state index contributed by atoms with van der Waals surface area (Å²) in [5, 5.41) is 5.82. The number of nitrogens with one attached hydrogen (secondary N) is 2. The normalized spacial score (nSPS) is 11.7. The van der Waals surface area contributed by atoms with Crippen molar-refractivity contribution in [2.45, 2.75) is 26.4 Å². The fraction of sp³-hybridized carbons (Fsp3) is 0.462.